The number of esters is 1. The minimum absolute atomic E-state index is 0.292. The molecule has 2 aromatic rings. The van der Waals surface area contributed by atoms with E-state index in [9.17, 15) is 9.00 Å². The molecule has 0 fully saturated rings. The fraction of sp³-hybridized carbons (Fsp3) is 0.500. The van der Waals surface area contributed by atoms with Gasteiger partial charge in [0.25, 0.3) is 0 Å². The van der Waals surface area contributed by atoms with Gasteiger partial charge in [-0.3, -0.25) is 5.32 Å². The number of hydrogen-bond donors (Lipinski definition) is 3. The van der Waals surface area contributed by atoms with Crippen LogP contribution < -0.4 is 20.1 Å². The van der Waals surface area contributed by atoms with Crippen molar-refractivity contribution in [3.8, 4) is 0 Å². The van der Waals surface area contributed by atoms with Crippen LogP contribution in [0.2, 0.25) is 5.15 Å². The minimum atomic E-state index is -1.56. The summed E-state index contributed by atoms with van der Waals surface area (Å²) >= 11 is 6.01. The van der Waals surface area contributed by atoms with Crippen LogP contribution in [0.4, 0.5) is 16.9 Å². The van der Waals surface area contributed by atoms with Gasteiger partial charge in [0, 0.05) is 25.2 Å². The molecule has 0 saturated carbocycles. The third kappa shape index (κ3) is 5.39. The Balaban J connectivity index is 1.81. The molecule has 0 spiro atoms. The van der Waals surface area contributed by atoms with E-state index in [0.717, 1.165) is 30.8 Å². The lowest BCUT2D eigenvalue weighted by Gasteiger charge is -2.30. The summed E-state index contributed by atoms with van der Waals surface area (Å²) in [6.45, 7) is 5.61. The summed E-state index contributed by atoms with van der Waals surface area (Å²) in [5.41, 5.74) is 1.45. The molecular formula is C16H22ClN7O3S2. The van der Waals surface area contributed by atoms with Gasteiger partial charge in [0.05, 0.1) is 12.3 Å². The van der Waals surface area contributed by atoms with Crippen molar-refractivity contribution in [3.63, 3.8) is 0 Å². The van der Waals surface area contributed by atoms with Crippen LogP contribution >= 0.6 is 22.9 Å². The summed E-state index contributed by atoms with van der Waals surface area (Å²) in [5.74, 6) is 0.610. The summed E-state index contributed by atoms with van der Waals surface area (Å²) in [7, 11) is 0. The molecule has 158 valence electrons. The third-order valence-electron chi connectivity index (χ3n) is 4.19. The van der Waals surface area contributed by atoms with Gasteiger partial charge in [-0.05, 0) is 26.7 Å². The van der Waals surface area contributed by atoms with E-state index in [1.807, 2.05) is 0 Å². The van der Waals surface area contributed by atoms with E-state index in [4.69, 9.17) is 21.5 Å². The SMILES string of the molecule is CCOC(=O)c1sc(Nc2nc(Cl)c3c(n2)N(CCNS(N)=O)CCC3)nc1C. The molecule has 1 aliphatic rings. The molecule has 4 N–H and O–H groups in total. The zero-order chi connectivity index (χ0) is 21.0. The van der Waals surface area contributed by atoms with Gasteiger partial charge in [-0.2, -0.15) is 4.98 Å². The Kier molecular flexibility index (Phi) is 7.35. The molecular weight excluding hydrogens is 438 g/mol. The molecule has 1 atom stereocenters. The molecule has 3 heterocycles. The lowest BCUT2D eigenvalue weighted by molar-refractivity contribution is 0.0531. The van der Waals surface area contributed by atoms with Gasteiger partial charge in [0.1, 0.15) is 15.8 Å². The van der Waals surface area contributed by atoms with Crippen LogP contribution in [-0.4, -0.2) is 51.4 Å². The molecule has 0 aliphatic carbocycles. The zero-order valence-corrected chi connectivity index (χ0v) is 18.4. The van der Waals surface area contributed by atoms with Crippen molar-refractivity contribution in [1.82, 2.24) is 19.7 Å². The van der Waals surface area contributed by atoms with Gasteiger partial charge >= 0.3 is 5.97 Å². The number of rotatable bonds is 8. The van der Waals surface area contributed by atoms with Crippen LogP contribution in [0.15, 0.2) is 0 Å². The third-order valence-corrected chi connectivity index (χ3v) is 6.05. The molecule has 1 unspecified atom stereocenters. The van der Waals surface area contributed by atoms with E-state index in [1.165, 1.54) is 11.3 Å². The van der Waals surface area contributed by atoms with E-state index in [2.05, 4.69) is 29.9 Å². The number of fused-ring (bicyclic) bond motifs is 1. The van der Waals surface area contributed by atoms with Crippen LogP contribution in [0.25, 0.3) is 0 Å². The Morgan fingerprint density at radius 1 is 1.41 bits per heavy atom. The van der Waals surface area contributed by atoms with Crippen LogP contribution in [0.3, 0.4) is 0 Å². The van der Waals surface area contributed by atoms with Gasteiger partial charge in [-0.15, -0.1) is 0 Å². The first-order valence-electron chi connectivity index (χ1n) is 9.01. The smallest absolute Gasteiger partial charge is 0.350 e. The number of thiazole rings is 1. The fourth-order valence-electron chi connectivity index (χ4n) is 2.96. The molecule has 0 radical (unpaired) electrons. The normalized spacial score (nSPS) is 14.4. The number of carbonyl (C=O) groups excluding carboxylic acids is 1. The van der Waals surface area contributed by atoms with E-state index in [-0.39, 0.29) is 0 Å². The summed E-state index contributed by atoms with van der Waals surface area (Å²) < 4.78 is 18.8. The van der Waals surface area contributed by atoms with Crippen molar-refractivity contribution in [3.05, 3.63) is 21.3 Å². The number of halogens is 1. The quantitative estimate of drug-likeness (QED) is 0.401. The van der Waals surface area contributed by atoms with E-state index >= 15 is 0 Å². The number of aromatic nitrogens is 3. The van der Waals surface area contributed by atoms with Gasteiger partial charge < -0.3 is 9.64 Å². The lowest BCUT2D eigenvalue weighted by atomic mass is 10.1. The van der Waals surface area contributed by atoms with Crippen molar-refractivity contribution < 1.29 is 13.7 Å². The number of ether oxygens (including phenoxy) is 1. The number of aryl methyl sites for hydroxylation is 1. The first kappa shape index (κ1) is 21.8. The Bertz CT molecular complexity index is 924. The summed E-state index contributed by atoms with van der Waals surface area (Å²) in [6, 6.07) is 0. The maximum absolute atomic E-state index is 12.0. The monoisotopic (exact) mass is 459 g/mol. The van der Waals surface area contributed by atoms with E-state index in [0.29, 0.717) is 46.5 Å². The Hall–Kier alpha value is -1.86. The van der Waals surface area contributed by atoms with Gasteiger partial charge in [-0.25, -0.2) is 28.8 Å². The number of carbonyl (C=O) groups is 1. The van der Waals surface area contributed by atoms with E-state index < -0.39 is 17.1 Å². The molecule has 0 amide bonds. The number of nitrogens with zero attached hydrogens (tertiary/aromatic N) is 4. The van der Waals surface area contributed by atoms with Crippen LogP contribution in [0.5, 0.6) is 0 Å². The Morgan fingerprint density at radius 2 is 2.21 bits per heavy atom. The predicted molar refractivity (Wildman–Crippen MR) is 114 cm³/mol. The fourth-order valence-corrected chi connectivity index (χ4v) is 4.37. The van der Waals surface area contributed by atoms with Crippen LogP contribution in [0, 0.1) is 6.92 Å². The Morgan fingerprint density at radius 3 is 2.93 bits per heavy atom. The standard InChI is InChI=1S/C16H22ClN7O3S2/c1-3-27-14(25)11-9(2)20-16(28-11)23-15-21-12(17)10-5-4-7-24(13(10)22-15)8-6-19-29(18)26/h19H,3-8,18H2,1-2H3,(H,20,21,22,23). The second-order valence-electron chi connectivity index (χ2n) is 6.20. The number of nitrogens with two attached hydrogens (primary N) is 1. The highest BCUT2D eigenvalue weighted by Gasteiger charge is 2.23. The van der Waals surface area contributed by atoms with Crippen molar-refractivity contribution in [2.45, 2.75) is 26.7 Å². The molecule has 2 aromatic heterocycles. The van der Waals surface area contributed by atoms with Crippen LogP contribution in [0.1, 0.15) is 34.3 Å². The molecule has 10 nitrogen and oxygen atoms in total. The predicted octanol–water partition coefficient (Wildman–Crippen LogP) is 1.69. The first-order chi connectivity index (χ1) is 13.9. The molecule has 0 bridgehead atoms. The molecule has 3 rings (SSSR count). The molecule has 1 aliphatic heterocycles. The molecule has 0 aromatic carbocycles. The molecule has 13 heteroatoms. The van der Waals surface area contributed by atoms with Crippen molar-refractivity contribution in [2.24, 2.45) is 5.14 Å². The zero-order valence-electron chi connectivity index (χ0n) is 16.0. The maximum Gasteiger partial charge on any atom is 0.350 e. The average Bonchev–Trinajstić information content (AvgIpc) is 3.02. The largest absolute Gasteiger partial charge is 0.462 e. The number of nitrogens with one attached hydrogen (secondary N) is 2. The van der Waals surface area contributed by atoms with Crippen LogP contribution in [-0.2, 0) is 22.3 Å². The van der Waals surface area contributed by atoms with Gasteiger partial charge in [-0.1, -0.05) is 22.9 Å². The van der Waals surface area contributed by atoms with Crippen molar-refractivity contribution in [2.75, 3.05) is 36.5 Å². The number of hydrogen-bond acceptors (Lipinski definition) is 9. The molecule has 0 saturated heterocycles. The highest BCUT2D eigenvalue weighted by Crippen LogP contribution is 2.32. The maximum atomic E-state index is 12.0. The first-order valence-corrected chi connectivity index (χ1v) is 11.4. The topological polar surface area (TPSA) is 135 Å². The van der Waals surface area contributed by atoms with Crippen molar-refractivity contribution >= 4 is 57.0 Å². The second-order valence-corrected chi connectivity index (χ2v) is 8.44. The number of anilines is 3. The van der Waals surface area contributed by atoms with E-state index in [1.54, 1.807) is 13.8 Å². The summed E-state index contributed by atoms with van der Waals surface area (Å²) in [4.78, 5) is 27.8. The minimum Gasteiger partial charge on any atom is -0.462 e. The van der Waals surface area contributed by atoms with Gasteiger partial charge in [0.15, 0.2) is 16.3 Å². The molecule has 29 heavy (non-hydrogen) atoms. The summed E-state index contributed by atoms with van der Waals surface area (Å²) in [5, 5.41) is 9.12. The highest BCUT2D eigenvalue weighted by molar-refractivity contribution is 7.80. The van der Waals surface area contributed by atoms with Crippen molar-refractivity contribution in [1.29, 1.82) is 0 Å². The Labute approximate surface area is 179 Å². The summed E-state index contributed by atoms with van der Waals surface area (Å²) in [6.07, 6.45) is 1.70. The van der Waals surface area contributed by atoms with Gasteiger partial charge in [0.2, 0.25) is 5.95 Å². The second kappa shape index (κ2) is 9.76. The average molecular weight is 460 g/mol. The highest BCUT2D eigenvalue weighted by atomic mass is 35.5. The lowest BCUT2D eigenvalue weighted by Crippen LogP contribution is -2.38.